The van der Waals surface area contributed by atoms with Crippen molar-refractivity contribution in [2.24, 2.45) is 0 Å². The number of nitrogens with zero attached hydrogens (tertiary/aromatic N) is 1. The van der Waals surface area contributed by atoms with E-state index >= 15 is 0 Å². The highest BCUT2D eigenvalue weighted by Crippen LogP contribution is 2.43. The van der Waals surface area contributed by atoms with Gasteiger partial charge in [0.05, 0.1) is 27.7 Å². The summed E-state index contributed by atoms with van der Waals surface area (Å²) in [6.07, 6.45) is 44.0. The molecule has 9 nitrogen and oxygen atoms in total. The number of ether oxygens (including phenoxy) is 2. The van der Waals surface area contributed by atoms with E-state index in [1.54, 1.807) is 0 Å². The fourth-order valence-corrected chi connectivity index (χ4v) is 5.78. The summed E-state index contributed by atoms with van der Waals surface area (Å²) < 4.78 is 34.1. The molecule has 2 atom stereocenters. The van der Waals surface area contributed by atoms with Crippen LogP contribution in [0.4, 0.5) is 0 Å². The first kappa shape index (κ1) is 51.5. The van der Waals surface area contributed by atoms with E-state index in [0.717, 1.165) is 57.8 Å². The summed E-state index contributed by atoms with van der Waals surface area (Å²) in [6.45, 7) is 4.19. The van der Waals surface area contributed by atoms with Gasteiger partial charge in [-0.2, -0.15) is 0 Å². The van der Waals surface area contributed by atoms with Crippen molar-refractivity contribution in [3.05, 3.63) is 72.9 Å². The summed E-state index contributed by atoms with van der Waals surface area (Å²) in [4.78, 5) is 35.2. The van der Waals surface area contributed by atoms with Gasteiger partial charge in [-0.3, -0.25) is 18.6 Å². The number of hydrogen-bond donors (Lipinski definition) is 1. The number of carbonyl (C=O) groups excluding carboxylic acids is 2. The number of allylic oxidation sites excluding steroid dienone is 12. The smallest absolute Gasteiger partial charge is 0.462 e. The van der Waals surface area contributed by atoms with Crippen LogP contribution >= 0.6 is 7.82 Å². The molecule has 0 bridgehead atoms. The van der Waals surface area contributed by atoms with Crippen molar-refractivity contribution in [2.75, 3.05) is 47.5 Å². The molecule has 0 fully saturated rings. The van der Waals surface area contributed by atoms with Crippen LogP contribution in [0.5, 0.6) is 0 Å². The highest BCUT2D eigenvalue weighted by Gasteiger charge is 2.27. The van der Waals surface area contributed by atoms with E-state index in [-0.39, 0.29) is 26.1 Å². The molecule has 0 aromatic rings. The topological polar surface area (TPSA) is 108 Å². The summed E-state index contributed by atoms with van der Waals surface area (Å²) in [6, 6.07) is 0. The predicted molar refractivity (Wildman–Crippen MR) is 224 cm³/mol. The average Bonchev–Trinajstić information content (AvgIpc) is 3.12. The second kappa shape index (κ2) is 36.1. The molecular weight excluding hydrogens is 701 g/mol. The third-order valence-electron chi connectivity index (χ3n) is 8.26. The van der Waals surface area contributed by atoms with E-state index in [1.165, 1.54) is 51.4 Å². The number of phosphoric ester groups is 1. The Bertz CT molecular complexity index is 1150. The molecule has 0 aromatic carbocycles. The Balaban J connectivity index is 4.54. The monoisotopic (exact) mass is 779 g/mol. The lowest BCUT2D eigenvalue weighted by molar-refractivity contribution is -0.870. The zero-order valence-electron chi connectivity index (χ0n) is 34.7. The minimum atomic E-state index is -4.39. The number of unbranched alkanes of at least 4 members (excludes halogenated alkanes) is 10. The molecule has 0 aliphatic rings. The summed E-state index contributed by atoms with van der Waals surface area (Å²) >= 11 is 0. The van der Waals surface area contributed by atoms with Gasteiger partial charge in [0.2, 0.25) is 0 Å². The Morgan fingerprint density at radius 1 is 0.593 bits per heavy atom. The Morgan fingerprint density at radius 3 is 1.54 bits per heavy atom. The van der Waals surface area contributed by atoms with Gasteiger partial charge in [0.15, 0.2) is 6.10 Å². The molecule has 0 radical (unpaired) electrons. The maximum absolute atomic E-state index is 12.6. The van der Waals surface area contributed by atoms with Gasteiger partial charge in [0.25, 0.3) is 0 Å². The Kier molecular flexibility index (Phi) is 34.4. The molecule has 310 valence electrons. The predicted octanol–water partition coefficient (Wildman–Crippen LogP) is 11.5. The van der Waals surface area contributed by atoms with Gasteiger partial charge in [0.1, 0.15) is 19.8 Å². The van der Waals surface area contributed by atoms with Gasteiger partial charge in [-0.15, -0.1) is 0 Å². The SMILES string of the molecule is CC/C=C\C/C=C\C/C=C\C/C=C\C/C=C\C/C=C\CCC(=O)O[C@H](COC(=O)CCCCCCCCCCCCC)COP(=O)(O)OCC[N+](C)(C)C. The largest absolute Gasteiger partial charge is 0.472 e. The maximum Gasteiger partial charge on any atom is 0.472 e. The van der Waals surface area contributed by atoms with Crippen LogP contribution in [0, 0.1) is 0 Å². The van der Waals surface area contributed by atoms with E-state index in [4.69, 9.17) is 18.5 Å². The number of rotatable bonds is 36. The number of esters is 2. The quantitative estimate of drug-likeness (QED) is 0.0220. The average molecular weight is 779 g/mol. The van der Waals surface area contributed by atoms with Crippen molar-refractivity contribution >= 4 is 19.8 Å². The standard InChI is InChI=1S/C44H76NO8P/c1-6-8-10-12-14-16-18-19-20-21-22-23-24-25-27-29-31-33-35-37-44(47)53-42(41-52-54(48,49)51-39-38-45(3,4)5)40-50-43(46)36-34-32-30-28-26-17-15-13-11-9-7-2/h8,10,14,16,19-20,22-23,25,27,31,33,42H,6-7,9,11-13,15,17-18,21,24,26,28-30,32,34-41H2,1-5H3/p+1/b10-8-,16-14-,20-19-,23-22-,27-25-,33-31-/t42-/m1/s1. The summed E-state index contributed by atoms with van der Waals surface area (Å²) in [5, 5.41) is 0. The van der Waals surface area contributed by atoms with Gasteiger partial charge in [-0.1, -0.05) is 151 Å². The third-order valence-corrected chi connectivity index (χ3v) is 9.25. The first-order chi connectivity index (χ1) is 26.0. The van der Waals surface area contributed by atoms with Crippen molar-refractivity contribution in [3.63, 3.8) is 0 Å². The van der Waals surface area contributed by atoms with Crippen molar-refractivity contribution in [3.8, 4) is 0 Å². The van der Waals surface area contributed by atoms with Crippen molar-refractivity contribution in [1.29, 1.82) is 0 Å². The zero-order valence-corrected chi connectivity index (χ0v) is 35.6. The number of hydrogen-bond acceptors (Lipinski definition) is 7. The van der Waals surface area contributed by atoms with E-state index in [2.05, 4.69) is 74.6 Å². The summed E-state index contributed by atoms with van der Waals surface area (Å²) in [5.74, 6) is -0.903. The van der Waals surface area contributed by atoms with Crippen molar-refractivity contribution in [2.45, 2.75) is 148 Å². The van der Waals surface area contributed by atoms with Crippen LogP contribution < -0.4 is 0 Å². The van der Waals surface area contributed by atoms with Crippen LogP contribution in [-0.2, 0) is 32.7 Å². The summed E-state index contributed by atoms with van der Waals surface area (Å²) in [7, 11) is 1.42. The van der Waals surface area contributed by atoms with Crippen LogP contribution in [0.15, 0.2) is 72.9 Å². The van der Waals surface area contributed by atoms with Gasteiger partial charge in [-0.25, -0.2) is 4.57 Å². The molecule has 54 heavy (non-hydrogen) atoms. The van der Waals surface area contributed by atoms with Crippen LogP contribution in [-0.4, -0.2) is 74.9 Å². The fraction of sp³-hybridized carbons (Fsp3) is 0.682. The lowest BCUT2D eigenvalue weighted by atomic mass is 10.1. The van der Waals surface area contributed by atoms with E-state index in [1.807, 2.05) is 33.3 Å². The highest BCUT2D eigenvalue weighted by molar-refractivity contribution is 7.47. The molecule has 0 saturated heterocycles. The van der Waals surface area contributed by atoms with Crippen molar-refractivity contribution in [1.82, 2.24) is 0 Å². The first-order valence-corrected chi connectivity index (χ1v) is 22.2. The molecule has 0 rings (SSSR count). The molecule has 0 aliphatic heterocycles. The van der Waals surface area contributed by atoms with Crippen molar-refractivity contribution < 1.29 is 42.1 Å². The van der Waals surface area contributed by atoms with Gasteiger partial charge in [-0.05, 0) is 51.4 Å². The van der Waals surface area contributed by atoms with Gasteiger partial charge < -0.3 is 18.9 Å². The lowest BCUT2D eigenvalue weighted by Crippen LogP contribution is -2.37. The normalized spacial score (nSPS) is 14.4. The maximum atomic E-state index is 12.6. The Morgan fingerprint density at radius 2 is 1.06 bits per heavy atom. The molecule has 10 heteroatoms. The first-order valence-electron chi connectivity index (χ1n) is 20.7. The van der Waals surface area contributed by atoms with Crippen LogP contribution in [0.1, 0.15) is 142 Å². The second-order valence-corrected chi connectivity index (χ2v) is 16.1. The molecule has 0 saturated carbocycles. The zero-order chi connectivity index (χ0) is 40.0. The van der Waals surface area contributed by atoms with E-state index < -0.39 is 32.5 Å². The molecule has 0 amide bonds. The molecule has 0 aliphatic carbocycles. The van der Waals surface area contributed by atoms with Gasteiger partial charge in [0, 0.05) is 12.8 Å². The molecule has 1 unspecified atom stereocenters. The number of likely N-dealkylation sites (N-methyl/N-ethyl adjacent to an activating group) is 1. The molecule has 1 N–H and O–H groups in total. The number of carbonyl (C=O) groups is 2. The highest BCUT2D eigenvalue weighted by atomic mass is 31.2. The molecule has 0 spiro atoms. The fourth-order valence-electron chi connectivity index (χ4n) is 5.04. The number of phosphoric acid groups is 1. The molecular formula is C44H77NO8P+. The lowest BCUT2D eigenvalue weighted by Gasteiger charge is -2.24. The minimum absolute atomic E-state index is 0.0155. The summed E-state index contributed by atoms with van der Waals surface area (Å²) in [5.41, 5.74) is 0. The minimum Gasteiger partial charge on any atom is -0.462 e. The van der Waals surface area contributed by atoms with Crippen LogP contribution in [0.3, 0.4) is 0 Å². The Labute approximate surface area is 329 Å². The van der Waals surface area contributed by atoms with E-state index in [9.17, 15) is 19.0 Å². The van der Waals surface area contributed by atoms with E-state index in [0.29, 0.717) is 17.4 Å². The van der Waals surface area contributed by atoms with Crippen LogP contribution in [0.25, 0.3) is 0 Å². The Hall–Kier alpha value is -2.55. The third kappa shape index (κ3) is 39.2. The number of quaternary nitrogens is 1. The molecule has 0 heterocycles. The van der Waals surface area contributed by atoms with Gasteiger partial charge >= 0.3 is 19.8 Å². The second-order valence-electron chi connectivity index (χ2n) is 14.6. The van der Waals surface area contributed by atoms with Crippen LogP contribution in [0.2, 0.25) is 0 Å². The molecule has 0 aromatic heterocycles.